The average molecular weight is 253 g/mol. The van der Waals surface area contributed by atoms with E-state index in [2.05, 4.69) is 0 Å². The molecule has 1 heterocycles. The molecule has 0 radical (unpaired) electrons. The molecule has 100 valence electrons. The fourth-order valence-electron chi connectivity index (χ4n) is 2.19. The molecule has 1 rings (SSSR count). The number of nitrogens with zero attached hydrogens (tertiary/aromatic N) is 1. The van der Waals surface area contributed by atoms with Crippen LogP contribution < -0.4 is 5.56 Å². The second-order valence-corrected chi connectivity index (χ2v) is 4.43. The van der Waals surface area contributed by atoms with E-state index in [1.165, 1.54) is 10.6 Å². The van der Waals surface area contributed by atoms with Crippen molar-refractivity contribution in [2.45, 2.75) is 33.2 Å². The first-order valence-corrected chi connectivity index (χ1v) is 5.85. The minimum Gasteiger partial charge on any atom is -0.478 e. The van der Waals surface area contributed by atoms with Crippen LogP contribution in [-0.2, 0) is 4.74 Å². The number of rotatable bonds is 5. The van der Waals surface area contributed by atoms with E-state index in [1.807, 2.05) is 6.92 Å². The van der Waals surface area contributed by atoms with Crippen molar-refractivity contribution in [2.75, 3.05) is 13.7 Å². The minimum absolute atomic E-state index is 0.0869. The third-order valence-corrected chi connectivity index (χ3v) is 3.09. The zero-order chi connectivity index (χ0) is 13.9. The second kappa shape index (κ2) is 5.82. The standard InChI is InChI=1S/C13H19NO4/c1-8-7-11(15)14(9(2)5-6-18-4)10(3)12(8)13(16)17/h7,9H,5-6H2,1-4H3,(H,16,17). The predicted molar refractivity (Wildman–Crippen MR) is 68.3 cm³/mol. The molecule has 0 spiro atoms. The maximum Gasteiger partial charge on any atom is 0.337 e. The number of aromatic nitrogens is 1. The van der Waals surface area contributed by atoms with Crippen molar-refractivity contribution in [2.24, 2.45) is 0 Å². The van der Waals surface area contributed by atoms with Gasteiger partial charge < -0.3 is 14.4 Å². The Hall–Kier alpha value is -1.62. The van der Waals surface area contributed by atoms with Gasteiger partial charge >= 0.3 is 5.97 Å². The third kappa shape index (κ3) is 2.79. The lowest BCUT2D eigenvalue weighted by Gasteiger charge is -2.20. The van der Waals surface area contributed by atoms with Crippen LogP contribution in [0.1, 0.15) is 41.0 Å². The van der Waals surface area contributed by atoms with Gasteiger partial charge in [0.25, 0.3) is 5.56 Å². The first-order valence-electron chi connectivity index (χ1n) is 5.85. The van der Waals surface area contributed by atoms with Crippen LogP contribution in [-0.4, -0.2) is 29.4 Å². The molecule has 1 unspecified atom stereocenters. The molecular weight excluding hydrogens is 234 g/mol. The maximum absolute atomic E-state index is 12.0. The van der Waals surface area contributed by atoms with Crippen molar-refractivity contribution in [3.8, 4) is 0 Å². The Morgan fingerprint density at radius 3 is 2.61 bits per heavy atom. The van der Waals surface area contributed by atoms with Crippen molar-refractivity contribution < 1.29 is 14.6 Å². The molecule has 18 heavy (non-hydrogen) atoms. The van der Waals surface area contributed by atoms with Gasteiger partial charge in [0, 0.05) is 31.5 Å². The molecule has 1 aromatic rings. The number of carboxylic acid groups (broad SMARTS) is 1. The molecule has 0 amide bonds. The number of hydrogen-bond acceptors (Lipinski definition) is 3. The second-order valence-electron chi connectivity index (χ2n) is 4.43. The fourth-order valence-corrected chi connectivity index (χ4v) is 2.19. The van der Waals surface area contributed by atoms with Crippen molar-refractivity contribution in [1.29, 1.82) is 0 Å². The summed E-state index contributed by atoms with van der Waals surface area (Å²) in [7, 11) is 1.60. The Labute approximate surface area is 106 Å². The van der Waals surface area contributed by atoms with E-state index >= 15 is 0 Å². The van der Waals surface area contributed by atoms with Gasteiger partial charge in [0.2, 0.25) is 0 Å². The number of hydrogen-bond donors (Lipinski definition) is 1. The average Bonchev–Trinajstić information content (AvgIpc) is 2.24. The molecule has 0 fully saturated rings. The SMILES string of the molecule is COCCC(C)n1c(C)c(C(=O)O)c(C)cc1=O. The zero-order valence-corrected chi connectivity index (χ0v) is 11.2. The molecule has 5 nitrogen and oxygen atoms in total. The van der Waals surface area contributed by atoms with Crippen molar-refractivity contribution in [3.63, 3.8) is 0 Å². The van der Waals surface area contributed by atoms with Crippen LogP contribution in [0.2, 0.25) is 0 Å². The number of carboxylic acids is 1. The number of methoxy groups -OCH3 is 1. The molecular formula is C13H19NO4. The lowest BCUT2D eigenvalue weighted by atomic mass is 10.1. The normalized spacial score (nSPS) is 12.4. The number of ether oxygens (including phenoxy) is 1. The summed E-state index contributed by atoms with van der Waals surface area (Å²) in [4.78, 5) is 23.2. The highest BCUT2D eigenvalue weighted by Crippen LogP contribution is 2.17. The van der Waals surface area contributed by atoms with E-state index in [-0.39, 0.29) is 17.2 Å². The van der Waals surface area contributed by atoms with Gasteiger partial charge in [0.15, 0.2) is 0 Å². The Morgan fingerprint density at radius 1 is 1.50 bits per heavy atom. The molecule has 0 saturated carbocycles. The number of carbonyl (C=O) groups is 1. The van der Waals surface area contributed by atoms with Gasteiger partial charge in [-0.05, 0) is 32.8 Å². The first-order chi connectivity index (χ1) is 8.40. The lowest BCUT2D eigenvalue weighted by Crippen LogP contribution is -2.28. The summed E-state index contributed by atoms with van der Waals surface area (Å²) in [6.45, 7) is 5.72. The lowest BCUT2D eigenvalue weighted by molar-refractivity contribution is 0.0693. The largest absolute Gasteiger partial charge is 0.478 e. The highest BCUT2D eigenvalue weighted by Gasteiger charge is 2.18. The molecule has 0 saturated heterocycles. The van der Waals surface area contributed by atoms with E-state index in [1.54, 1.807) is 21.0 Å². The van der Waals surface area contributed by atoms with Crippen LogP contribution in [0.5, 0.6) is 0 Å². The van der Waals surface area contributed by atoms with Crippen LogP contribution in [0.4, 0.5) is 0 Å². The number of pyridine rings is 1. The van der Waals surface area contributed by atoms with Gasteiger partial charge in [-0.2, -0.15) is 0 Å². The predicted octanol–water partition coefficient (Wildman–Crippen LogP) is 1.76. The Balaban J connectivity index is 3.31. The molecule has 0 bridgehead atoms. The first kappa shape index (κ1) is 14.4. The summed E-state index contributed by atoms with van der Waals surface area (Å²) in [6, 6.07) is 1.29. The summed E-state index contributed by atoms with van der Waals surface area (Å²) >= 11 is 0. The van der Waals surface area contributed by atoms with E-state index < -0.39 is 5.97 Å². The highest BCUT2D eigenvalue weighted by molar-refractivity contribution is 5.90. The summed E-state index contributed by atoms with van der Waals surface area (Å²) in [6.07, 6.45) is 0.666. The highest BCUT2D eigenvalue weighted by atomic mass is 16.5. The topological polar surface area (TPSA) is 68.5 Å². The fraction of sp³-hybridized carbons (Fsp3) is 0.538. The number of aryl methyl sites for hydroxylation is 1. The summed E-state index contributed by atoms with van der Waals surface area (Å²) in [5.74, 6) is -1.00. The Kier molecular flexibility index (Phi) is 4.67. The van der Waals surface area contributed by atoms with E-state index in [0.29, 0.717) is 24.3 Å². The molecule has 0 aliphatic carbocycles. The monoisotopic (exact) mass is 253 g/mol. The zero-order valence-electron chi connectivity index (χ0n) is 11.2. The van der Waals surface area contributed by atoms with Crippen molar-refractivity contribution >= 4 is 5.97 Å². The van der Waals surface area contributed by atoms with Crippen LogP contribution >= 0.6 is 0 Å². The molecule has 0 aromatic carbocycles. The molecule has 1 N–H and O–H groups in total. The van der Waals surface area contributed by atoms with E-state index in [0.717, 1.165) is 0 Å². The molecule has 1 atom stereocenters. The molecule has 5 heteroatoms. The van der Waals surface area contributed by atoms with Gasteiger partial charge in [-0.25, -0.2) is 4.79 Å². The van der Waals surface area contributed by atoms with E-state index in [9.17, 15) is 14.7 Å². The molecule has 1 aromatic heterocycles. The quantitative estimate of drug-likeness (QED) is 0.868. The third-order valence-electron chi connectivity index (χ3n) is 3.09. The summed E-state index contributed by atoms with van der Waals surface area (Å²) in [5.41, 5.74) is 1.04. The van der Waals surface area contributed by atoms with E-state index in [4.69, 9.17) is 4.74 Å². The number of aromatic carboxylic acids is 1. The van der Waals surface area contributed by atoms with Gasteiger partial charge in [-0.15, -0.1) is 0 Å². The van der Waals surface area contributed by atoms with Crippen LogP contribution in [0.15, 0.2) is 10.9 Å². The minimum atomic E-state index is -1.00. The Morgan fingerprint density at radius 2 is 2.11 bits per heavy atom. The molecule has 0 aliphatic heterocycles. The smallest absolute Gasteiger partial charge is 0.337 e. The van der Waals surface area contributed by atoms with Gasteiger partial charge in [0.05, 0.1) is 5.56 Å². The van der Waals surface area contributed by atoms with Crippen LogP contribution in [0.3, 0.4) is 0 Å². The van der Waals surface area contributed by atoms with Crippen molar-refractivity contribution in [3.05, 3.63) is 33.2 Å². The van der Waals surface area contributed by atoms with Gasteiger partial charge in [-0.3, -0.25) is 4.79 Å². The van der Waals surface area contributed by atoms with Crippen molar-refractivity contribution in [1.82, 2.24) is 4.57 Å². The van der Waals surface area contributed by atoms with Crippen LogP contribution in [0.25, 0.3) is 0 Å². The van der Waals surface area contributed by atoms with Gasteiger partial charge in [-0.1, -0.05) is 0 Å². The Bertz CT molecular complexity index is 504. The van der Waals surface area contributed by atoms with Gasteiger partial charge in [0.1, 0.15) is 0 Å². The summed E-state index contributed by atoms with van der Waals surface area (Å²) < 4.78 is 6.51. The molecule has 0 aliphatic rings. The van der Waals surface area contributed by atoms with Crippen LogP contribution in [0, 0.1) is 13.8 Å². The maximum atomic E-state index is 12.0. The summed E-state index contributed by atoms with van der Waals surface area (Å²) in [5, 5.41) is 9.18.